The first-order chi connectivity index (χ1) is 15.7. The van der Waals surface area contributed by atoms with Crippen molar-refractivity contribution < 1.29 is 23.0 Å². The van der Waals surface area contributed by atoms with E-state index in [0.29, 0.717) is 15.6 Å². The molecule has 0 saturated carbocycles. The van der Waals surface area contributed by atoms with E-state index in [9.17, 15) is 18.3 Å². The number of unbranched alkanes of at least 4 members (excludes halogenated alkanes) is 5. The standard InChI is InChI=1S/C24H36F3N3O2S/c1-4-6-7-8-9-10-14-32-20-13-12-18(15-19(20)24(25,26)27)21-29-30-22(33-21)23(28,16-31)17(3)11-5-2/h12-13,15,17,31H,4-11,14,16,28H2,1-3H3. The van der Waals surface area contributed by atoms with Gasteiger partial charge in [-0.1, -0.05) is 70.6 Å². The Hall–Kier alpha value is -1.71. The van der Waals surface area contributed by atoms with Crippen LogP contribution in [0.5, 0.6) is 5.75 Å². The molecule has 0 aliphatic carbocycles. The monoisotopic (exact) mass is 487 g/mol. The van der Waals surface area contributed by atoms with Crippen molar-refractivity contribution in [1.82, 2.24) is 10.2 Å². The summed E-state index contributed by atoms with van der Waals surface area (Å²) in [6.45, 7) is 6.02. The van der Waals surface area contributed by atoms with Gasteiger partial charge in [-0.3, -0.25) is 0 Å². The summed E-state index contributed by atoms with van der Waals surface area (Å²) < 4.78 is 46.7. The van der Waals surface area contributed by atoms with Crippen molar-refractivity contribution in [3.8, 4) is 16.3 Å². The summed E-state index contributed by atoms with van der Waals surface area (Å²) in [6.07, 6.45) is 3.31. The molecule has 0 radical (unpaired) electrons. The molecule has 1 aromatic heterocycles. The Kier molecular flexibility index (Phi) is 10.6. The molecule has 0 aliphatic heterocycles. The second-order valence-electron chi connectivity index (χ2n) is 8.63. The van der Waals surface area contributed by atoms with Crippen LogP contribution in [0.25, 0.3) is 10.6 Å². The van der Waals surface area contributed by atoms with Gasteiger partial charge in [-0.15, -0.1) is 10.2 Å². The summed E-state index contributed by atoms with van der Waals surface area (Å²) in [5.74, 6) is -0.235. The van der Waals surface area contributed by atoms with Crippen LogP contribution in [0.1, 0.15) is 82.7 Å². The normalized spacial score (nSPS) is 14.8. The Balaban J connectivity index is 2.19. The van der Waals surface area contributed by atoms with E-state index in [1.165, 1.54) is 12.5 Å². The van der Waals surface area contributed by atoms with Gasteiger partial charge in [0.05, 0.1) is 24.3 Å². The van der Waals surface area contributed by atoms with Crippen LogP contribution in [0, 0.1) is 5.92 Å². The molecule has 2 unspecified atom stereocenters. The molecular formula is C24H36F3N3O2S. The van der Waals surface area contributed by atoms with Crippen LogP contribution >= 0.6 is 11.3 Å². The number of nitrogens with two attached hydrogens (primary N) is 1. The van der Waals surface area contributed by atoms with Crippen LogP contribution in [0.3, 0.4) is 0 Å². The fraction of sp³-hybridized carbons (Fsp3) is 0.667. The molecular weight excluding hydrogens is 451 g/mol. The maximum absolute atomic E-state index is 13.7. The maximum atomic E-state index is 13.7. The molecule has 2 atom stereocenters. The number of aliphatic hydroxyl groups excluding tert-OH is 1. The molecule has 1 heterocycles. The first kappa shape index (κ1) is 27.5. The van der Waals surface area contributed by atoms with E-state index >= 15 is 0 Å². The number of hydrogen-bond donors (Lipinski definition) is 2. The molecule has 0 bridgehead atoms. The molecule has 1 aromatic carbocycles. The van der Waals surface area contributed by atoms with Gasteiger partial charge >= 0.3 is 6.18 Å². The SMILES string of the molecule is CCCCCCCCOc1ccc(-c2nnc(C(N)(CO)C(C)CCC)s2)cc1C(F)(F)F. The molecule has 3 N–H and O–H groups in total. The number of rotatable bonds is 14. The Morgan fingerprint density at radius 1 is 1.06 bits per heavy atom. The zero-order valence-electron chi connectivity index (χ0n) is 19.7. The fourth-order valence-electron chi connectivity index (χ4n) is 3.73. The summed E-state index contributed by atoms with van der Waals surface area (Å²) in [4.78, 5) is 0. The van der Waals surface area contributed by atoms with Crippen LogP contribution in [-0.2, 0) is 11.7 Å². The molecule has 9 heteroatoms. The quantitative estimate of drug-likeness (QED) is 0.296. The van der Waals surface area contributed by atoms with E-state index < -0.39 is 17.3 Å². The van der Waals surface area contributed by atoms with Crippen molar-refractivity contribution in [3.05, 3.63) is 28.8 Å². The molecule has 0 fully saturated rings. The number of ether oxygens (including phenoxy) is 1. The van der Waals surface area contributed by atoms with E-state index in [4.69, 9.17) is 10.5 Å². The van der Waals surface area contributed by atoms with Crippen LogP contribution < -0.4 is 10.5 Å². The zero-order chi connectivity index (χ0) is 24.5. The third-order valence-electron chi connectivity index (χ3n) is 5.97. The van der Waals surface area contributed by atoms with Crippen LogP contribution in [0.15, 0.2) is 18.2 Å². The lowest BCUT2D eigenvalue weighted by Gasteiger charge is -2.31. The number of halogens is 3. The van der Waals surface area contributed by atoms with E-state index in [-0.39, 0.29) is 24.9 Å². The lowest BCUT2D eigenvalue weighted by atomic mass is 9.84. The van der Waals surface area contributed by atoms with Gasteiger partial charge in [0, 0.05) is 5.56 Å². The van der Waals surface area contributed by atoms with Crippen molar-refractivity contribution in [3.63, 3.8) is 0 Å². The third kappa shape index (κ3) is 7.39. The van der Waals surface area contributed by atoms with Gasteiger partial charge in [-0.2, -0.15) is 13.2 Å². The third-order valence-corrected chi connectivity index (χ3v) is 7.14. The molecule has 186 valence electrons. The lowest BCUT2D eigenvalue weighted by molar-refractivity contribution is -0.138. The summed E-state index contributed by atoms with van der Waals surface area (Å²) in [5.41, 5.74) is 4.81. The van der Waals surface area contributed by atoms with Crippen molar-refractivity contribution >= 4 is 11.3 Å². The summed E-state index contributed by atoms with van der Waals surface area (Å²) in [5, 5.41) is 18.8. The van der Waals surface area contributed by atoms with Gasteiger partial charge in [0.2, 0.25) is 0 Å². The van der Waals surface area contributed by atoms with Crippen LogP contribution in [0.4, 0.5) is 13.2 Å². The second kappa shape index (κ2) is 12.7. The predicted octanol–water partition coefficient (Wildman–Crippen LogP) is 6.55. The van der Waals surface area contributed by atoms with Gasteiger partial charge in [0.15, 0.2) is 0 Å². The molecule has 0 amide bonds. The zero-order valence-corrected chi connectivity index (χ0v) is 20.6. The Morgan fingerprint density at radius 2 is 1.76 bits per heavy atom. The summed E-state index contributed by atoms with van der Waals surface area (Å²) in [6, 6.07) is 3.95. The van der Waals surface area contributed by atoms with Crippen molar-refractivity contribution in [2.24, 2.45) is 11.7 Å². The topological polar surface area (TPSA) is 81.3 Å². The van der Waals surface area contributed by atoms with E-state index in [1.54, 1.807) is 6.07 Å². The highest BCUT2D eigenvalue weighted by Gasteiger charge is 2.38. The number of nitrogens with zero attached hydrogens (tertiary/aromatic N) is 2. The Morgan fingerprint density at radius 3 is 2.39 bits per heavy atom. The average Bonchev–Trinajstić information content (AvgIpc) is 3.28. The molecule has 2 rings (SSSR count). The minimum Gasteiger partial charge on any atom is -0.493 e. The Bertz CT molecular complexity index is 860. The number of aromatic nitrogens is 2. The highest BCUT2D eigenvalue weighted by Crippen LogP contribution is 2.40. The lowest BCUT2D eigenvalue weighted by Crippen LogP contribution is -2.46. The van der Waals surface area contributed by atoms with Crippen molar-refractivity contribution in [1.29, 1.82) is 0 Å². The van der Waals surface area contributed by atoms with Gasteiger partial charge in [0.25, 0.3) is 0 Å². The molecule has 33 heavy (non-hydrogen) atoms. The number of alkyl halides is 3. The molecule has 2 aromatic rings. The smallest absolute Gasteiger partial charge is 0.419 e. The van der Waals surface area contributed by atoms with E-state index in [1.807, 2.05) is 13.8 Å². The Labute approximate surface area is 198 Å². The second-order valence-corrected chi connectivity index (χ2v) is 9.60. The van der Waals surface area contributed by atoms with Crippen LogP contribution in [-0.4, -0.2) is 28.5 Å². The van der Waals surface area contributed by atoms with E-state index in [0.717, 1.165) is 62.3 Å². The highest BCUT2D eigenvalue weighted by atomic mass is 32.1. The van der Waals surface area contributed by atoms with E-state index in [2.05, 4.69) is 17.1 Å². The number of hydrogen-bond acceptors (Lipinski definition) is 6. The summed E-state index contributed by atoms with van der Waals surface area (Å²) in [7, 11) is 0. The minimum absolute atomic E-state index is 0.0585. The molecule has 0 saturated heterocycles. The minimum atomic E-state index is -4.56. The summed E-state index contributed by atoms with van der Waals surface area (Å²) >= 11 is 1.11. The van der Waals surface area contributed by atoms with Crippen molar-refractivity contribution in [2.75, 3.05) is 13.2 Å². The average molecular weight is 488 g/mol. The van der Waals surface area contributed by atoms with Gasteiger partial charge < -0.3 is 15.6 Å². The van der Waals surface area contributed by atoms with Gasteiger partial charge in [-0.25, -0.2) is 0 Å². The highest BCUT2D eigenvalue weighted by molar-refractivity contribution is 7.14. The number of aliphatic hydroxyl groups is 1. The maximum Gasteiger partial charge on any atom is 0.419 e. The first-order valence-electron chi connectivity index (χ1n) is 11.8. The first-order valence-corrected chi connectivity index (χ1v) is 12.6. The van der Waals surface area contributed by atoms with Gasteiger partial charge in [-0.05, 0) is 37.0 Å². The predicted molar refractivity (Wildman–Crippen MR) is 126 cm³/mol. The molecule has 0 spiro atoms. The van der Waals surface area contributed by atoms with Gasteiger partial charge in [0.1, 0.15) is 15.8 Å². The van der Waals surface area contributed by atoms with Crippen LogP contribution in [0.2, 0.25) is 0 Å². The van der Waals surface area contributed by atoms with Crippen molar-refractivity contribution in [2.45, 2.75) is 83.9 Å². The number of benzene rings is 1. The molecule has 0 aliphatic rings. The fourth-order valence-corrected chi connectivity index (χ4v) is 4.77. The molecule has 5 nitrogen and oxygen atoms in total. The largest absolute Gasteiger partial charge is 0.493 e.